The van der Waals surface area contributed by atoms with E-state index in [1.807, 2.05) is 0 Å². The lowest BCUT2D eigenvalue weighted by molar-refractivity contribution is 0.411. The van der Waals surface area contributed by atoms with Gasteiger partial charge in [0.1, 0.15) is 17.3 Å². The maximum Gasteiger partial charge on any atom is 0.211 e. The number of benzene rings is 2. The molecular weight excluding hydrogens is 505 g/mol. The number of hydrogen-bond acceptors (Lipinski definition) is 8. The summed E-state index contributed by atoms with van der Waals surface area (Å²) in [4.78, 5) is 17.4. The fraction of sp³-hybridized carbons (Fsp3) is 0.0833. The van der Waals surface area contributed by atoms with E-state index in [1.54, 1.807) is 35.7 Å². The van der Waals surface area contributed by atoms with Crippen LogP contribution in [-0.2, 0) is 9.84 Å². The van der Waals surface area contributed by atoms with E-state index in [4.69, 9.17) is 4.74 Å². The quantitative estimate of drug-likeness (QED) is 0.333. The Bertz CT molecular complexity index is 1760. The molecule has 2 aromatic carbocycles. The summed E-state index contributed by atoms with van der Waals surface area (Å²) in [6.07, 6.45) is 4.09. The average Bonchev–Trinajstić information content (AvgIpc) is 3.53. The Labute approximate surface area is 209 Å². The summed E-state index contributed by atoms with van der Waals surface area (Å²) in [7, 11) is -1.96. The molecule has 0 N–H and O–H groups in total. The molecule has 0 radical (unpaired) electrons. The van der Waals surface area contributed by atoms with E-state index in [-0.39, 0.29) is 16.0 Å². The van der Waals surface area contributed by atoms with Crippen LogP contribution in [0, 0.1) is 5.82 Å². The highest BCUT2D eigenvalue weighted by Gasteiger charge is 2.18. The summed E-state index contributed by atoms with van der Waals surface area (Å²) in [6, 6.07) is 13.7. The van der Waals surface area contributed by atoms with Crippen molar-refractivity contribution in [1.29, 1.82) is 0 Å². The third-order valence-corrected chi connectivity index (χ3v) is 7.26. The minimum absolute atomic E-state index is 0.0899. The number of hydrogen-bond donors (Lipinski definition) is 0. The number of thiazole rings is 1. The molecular formula is C24H18FN5O4S2. The van der Waals surface area contributed by atoms with Crippen LogP contribution in [0.25, 0.3) is 33.5 Å². The van der Waals surface area contributed by atoms with Crippen molar-refractivity contribution < 1.29 is 17.5 Å². The number of rotatable bonds is 6. The number of nitrogens with zero attached hydrogens (tertiary/aromatic N) is 5. The van der Waals surface area contributed by atoms with Gasteiger partial charge in [0.2, 0.25) is 10.6 Å². The van der Waals surface area contributed by atoms with E-state index in [0.717, 1.165) is 6.26 Å². The second-order valence-corrected chi connectivity index (χ2v) is 10.6. The Morgan fingerprint density at radius 2 is 1.92 bits per heavy atom. The molecule has 0 atom stereocenters. The summed E-state index contributed by atoms with van der Waals surface area (Å²) in [5, 5.41) is 10.8. The molecule has 3 heterocycles. The molecule has 182 valence electrons. The maximum absolute atomic E-state index is 14.5. The number of ether oxygens (including phenoxy) is 1. The van der Waals surface area contributed by atoms with Gasteiger partial charge in [-0.3, -0.25) is 4.79 Å². The minimum atomic E-state index is -3.42. The molecule has 0 aliphatic rings. The van der Waals surface area contributed by atoms with Crippen LogP contribution in [0.1, 0.15) is 0 Å². The first-order valence-electron chi connectivity index (χ1n) is 10.5. The van der Waals surface area contributed by atoms with Gasteiger partial charge in [-0.15, -0.1) is 11.3 Å². The largest absolute Gasteiger partial charge is 0.497 e. The fourth-order valence-electron chi connectivity index (χ4n) is 3.54. The average molecular weight is 524 g/mol. The first-order valence-corrected chi connectivity index (χ1v) is 13.3. The third-order valence-electron chi connectivity index (χ3n) is 5.33. The van der Waals surface area contributed by atoms with Crippen molar-refractivity contribution in [1.82, 2.24) is 24.5 Å². The molecule has 5 aromatic rings. The summed E-state index contributed by atoms with van der Waals surface area (Å²) in [6.45, 7) is 0. The van der Waals surface area contributed by atoms with Crippen LogP contribution in [0.2, 0.25) is 0 Å². The molecule has 0 bridgehead atoms. The molecule has 5 rings (SSSR count). The molecule has 0 aliphatic heterocycles. The lowest BCUT2D eigenvalue weighted by Gasteiger charge is -2.09. The highest BCUT2D eigenvalue weighted by atomic mass is 32.2. The molecule has 0 unspecified atom stereocenters. The first kappa shape index (κ1) is 23.6. The van der Waals surface area contributed by atoms with Crippen molar-refractivity contribution in [2.45, 2.75) is 4.90 Å². The molecule has 3 aromatic heterocycles. The summed E-state index contributed by atoms with van der Waals surface area (Å²) < 4.78 is 46.4. The van der Waals surface area contributed by atoms with Crippen LogP contribution in [-0.4, -0.2) is 46.3 Å². The smallest absolute Gasteiger partial charge is 0.211 e. The van der Waals surface area contributed by atoms with Crippen molar-refractivity contribution in [3.63, 3.8) is 0 Å². The number of aromatic nitrogens is 5. The van der Waals surface area contributed by atoms with Crippen LogP contribution in [0.4, 0.5) is 4.39 Å². The SMILES string of the molecule is COc1ccc(-c2csc(-n3nccc3-c3nn(-c4cccc(S(C)(=O)=O)c4)ccc3=O)n2)c(F)c1. The zero-order valence-corrected chi connectivity index (χ0v) is 20.6. The normalized spacial score (nSPS) is 11.5. The first-order chi connectivity index (χ1) is 17.2. The van der Waals surface area contributed by atoms with Crippen LogP contribution in [0.5, 0.6) is 5.75 Å². The van der Waals surface area contributed by atoms with Crippen molar-refractivity contribution >= 4 is 21.2 Å². The molecule has 0 aliphatic carbocycles. The van der Waals surface area contributed by atoms with Crippen LogP contribution >= 0.6 is 11.3 Å². The highest BCUT2D eigenvalue weighted by Crippen LogP contribution is 2.30. The second-order valence-electron chi connectivity index (χ2n) is 7.73. The molecule has 36 heavy (non-hydrogen) atoms. The standard InChI is InChI=1S/C24H18FN5O4S2/c1-34-16-6-7-18(19(25)13-16)20-14-35-24(27-20)30-21(8-10-26-30)23-22(31)9-11-29(28-23)15-4-3-5-17(12-15)36(2,32)33/h3-14H,1-2H3. The second kappa shape index (κ2) is 9.13. The molecule has 0 spiro atoms. The predicted molar refractivity (Wildman–Crippen MR) is 133 cm³/mol. The van der Waals surface area contributed by atoms with Gasteiger partial charge in [0.25, 0.3) is 0 Å². The Morgan fingerprint density at radius 3 is 2.67 bits per heavy atom. The lowest BCUT2D eigenvalue weighted by Crippen LogP contribution is -2.15. The Morgan fingerprint density at radius 1 is 1.08 bits per heavy atom. The highest BCUT2D eigenvalue weighted by molar-refractivity contribution is 7.90. The maximum atomic E-state index is 14.5. The summed E-state index contributed by atoms with van der Waals surface area (Å²) in [5.74, 6) is -0.0783. The topological polar surface area (TPSA) is 109 Å². The van der Waals surface area contributed by atoms with Crippen molar-refractivity contribution in [2.24, 2.45) is 0 Å². The molecule has 12 heteroatoms. The van der Waals surface area contributed by atoms with Gasteiger partial charge in [-0.25, -0.2) is 27.2 Å². The Balaban J connectivity index is 1.55. The van der Waals surface area contributed by atoms with Gasteiger partial charge < -0.3 is 4.74 Å². The van der Waals surface area contributed by atoms with Gasteiger partial charge in [0, 0.05) is 35.5 Å². The van der Waals surface area contributed by atoms with E-state index >= 15 is 0 Å². The number of halogens is 1. The molecule has 0 fully saturated rings. The Hall–Kier alpha value is -4.16. The molecule has 0 amide bonds. The van der Waals surface area contributed by atoms with Crippen LogP contribution in [0.15, 0.2) is 82.1 Å². The van der Waals surface area contributed by atoms with Gasteiger partial charge in [0.15, 0.2) is 15.5 Å². The van der Waals surface area contributed by atoms with E-state index < -0.39 is 15.7 Å². The van der Waals surface area contributed by atoms with Crippen molar-refractivity contribution in [2.75, 3.05) is 13.4 Å². The van der Waals surface area contributed by atoms with E-state index in [9.17, 15) is 17.6 Å². The molecule has 0 saturated carbocycles. The van der Waals surface area contributed by atoms with Gasteiger partial charge in [-0.2, -0.15) is 10.2 Å². The minimum Gasteiger partial charge on any atom is -0.497 e. The van der Waals surface area contributed by atoms with E-state index in [0.29, 0.717) is 33.5 Å². The van der Waals surface area contributed by atoms with Crippen molar-refractivity contribution in [3.05, 3.63) is 88.4 Å². The van der Waals surface area contributed by atoms with Gasteiger partial charge in [-0.05, 0) is 36.4 Å². The van der Waals surface area contributed by atoms with E-state index in [1.165, 1.54) is 64.5 Å². The van der Waals surface area contributed by atoms with Gasteiger partial charge in [0.05, 0.1) is 29.6 Å². The van der Waals surface area contributed by atoms with Crippen LogP contribution in [0.3, 0.4) is 0 Å². The lowest BCUT2D eigenvalue weighted by atomic mass is 10.1. The molecule has 9 nitrogen and oxygen atoms in total. The zero-order chi connectivity index (χ0) is 25.4. The third kappa shape index (κ3) is 4.43. The number of methoxy groups -OCH3 is 1. The summed E-state index contributed by atoms with van der Waals surface area (Å²) >= 11 is 1.23. The Kier molecular flexibility index (Phi) is 5.98. The van der Waals surface area contributed by atoms with Crippen LogP contribution < -0.4 is 10.2 Å². The summed E-state index contributed by atoms with van der Waals surface area (Å²) in [5.41, 5.74) is 1.30. The fourth-order valence-corrected chi connectivity index (χ4v) is 4.99. The van der Waals surface area contributed by atoms with E-state index in [2.05, 4.69) is 15.2 Å². The van der Waals surface area contributed by atoms with Gasteiger partial charge in [-0.1, -0.05) is 6.07 Å². The monoisotopic (exact) mass is 523 g/mol. The number of sulfone groups is 1. The van der Waals surface area contributed by atoms with Gasteiger partial charge >= 0.3 is 0 Å². The molecule has 0 saturated heterocycles. The predicted octanol–water partition coefficient (Wildman–Crippen LogP) is 3.76. The zero-order valence-electron chi connectivity index (χ0n) is 19.0. The van der Waals surface area contributed by atoms with Crippen molar-refractivity contribution in [3.8, 4) is 39.2 Å².